The summed E-state index contributed by atoms with van der Waals surface area (Å²) in [5.74, 6) is 0.677. The first kappa shape index (κ1) is 11.2. The summed E-state index contributed by atoms with van der Waals surface area (Å²) in [7, 11) is 0. The molecule has 0 radical (unpaired) electrons. The predicted molar refractivity (Wildman–Crippen MR) is 57.2 cm³/mol. The van der Waals surface area contributed by atoms with Gasteiger partial charge in [-0.05, 0) is 32.6 Å². The molecular formula is C12H20. The molecule has 0 saturated carbocycles. The number of allylic oxidation sites excluding steroid dienone is 5. The topological polar surface area (TPSA) is 0 Å². The third kappa shape index (κ3) is 4.95. The lowest BCUT2D eigenvalue weighted by atomic mass is 9.99. The molecule has 0 aromatic carbocycles. The van der Waals surface area contributed by atoms with Crippen LogP contribution in [0.5, 0.6) is 0 Å². The zero-order valence-electron chi connectivity index (χ0n) is 8.51. The second-order valence-electron chi connectivity index (χ2n) is 3.17. The van der Waals surface area contributed by atoms with Crippen molar-refractivity contribution >= 4 is 0 Å². The summed E-state index contributed by atoms with van der Waals surface area (Å²) in [4.78, 5) is 0. The van der Waals surface area contributed by atoms with Gasteiger partial charge in [0.05, 0.1) is 0 Å². The van der Waals surface area contributed by atoms with Crippen LogP contribution in [0.3, 0.4) is 0 Å². The maximum Gasteiger partial charge on any atom is -0.0172 e. The summed E-state index contributed by atoms with van der Waals surface area (Å²) in [6.07, 6.45) is 10.6. The Morgan fingerprint density at radius 2 is 2.08 bits per heavy atom. The standard InChI is InChI=1S/C12H20/c1-5-7-8-9-10-12(4)11(3)6-2/h5-6,8-9,12H,1,7,10H2,2-4H3/b9-8+,11-6+. The van der Waals surface area contributed by atoms with Gasteiger partial charge in [0.1, 0.15) is 0 Å². The molecular weight excluding hydrogens is 144 g/mol. The molecule has 0 spiro atoms. The van der Waals surface area contributed by atoms with E-state index in [9.17, 15) is 0 Å². The minimum atomic E-state index is 0.677. The molecule has 0 heterocycles. The van der Waals surface area contributed by atoms with Crippen LogP contribution in [0.25, 0.3) is 0 Å². The van der Waals surface area contributed by atoms with Crippen molar-refractivity contribution < 1.29 is 0 Å². The molecule has 0 aliphatic rings. The van der Waals surface area contributed by atoms with Crippen molar-refractivity contribution in [3.63, 3.8) is 0 Å². The van der Waals surface area contributed by atoms with Gasteiger partial charge in [-0.1, -0.05) is 36.8 Å². The molecule has 1 atom stereocenters. The normalized spacial score (nSPS) is 15.1. The quantitative estimate of drug-likeness (QED) is 0.536. The molecule has 0 aliphatic heterocycles. The van der Waals surface area contributed by atoms with Gasteiger partial charge >= 0.3 is 0 Å². The van der Waals surface area contributed by atoms with Crippen molar-refractivity contribution in [1.82, 2.24) is 0 Å². The highest BCUT2D eigenvalue weighted by Gasteiger charge is 1.98. The van der Waals surface area contributed by atoms with E-state index in [0.717, 1.165) is 12.8 Å². The van der Waals surface area contributed by atoms with Gasteiger partial charge in [0.25, 0.3) is 0 Å². The summed E-state index contributed by atoms with van der Waals surface area (Å²) in [5.41, 5.74) is 1.47. The molecule has 0 heteroatoms. The molecule has 12 heavy (non-hydrogen) atoms. The molecule has 0 aliphatic carbocycles. The van der Waals surface area contributed by atoms with E-state index in [-0.39, 0.29) is 0 Å². The average Bonchev–Trinajstić information content (AvgIpc) is 2.10. The zero-order chi connectivity index (χ0) is 9.40. The Hall–Kier alpha value is -0.780. The van der Waals surface area contributed by atoms with Crippen LogP contribution in [0.4, 0.5) is 0 Å². The third-order valence-electron chi connectivity index (χ3n) is 2.19. The number of hydrogen-bond acceptors (Lipinski definition) is 0. The van der Waals surface area contributed by atoms with Crippen LogP contribution in [0.1, 0.15) is 33.6 Å². The number of hydrogen-bond donors (Lipinski definition) is 0. The van der Waals surface area contributed by atoms with Crippen LogP contribution in [0, 0.1) is 5.92 Å². The fourth-order valence-corrected chi connectivity index (χ4v) is 0.963. The highest BCUT2D eigenvalue weighted by Crippen LogP contribution is 2.13. The maximum atomic E-state index is 3.67. The van der Waals surface area contributed by atoms with Gasteiger partial charge in [-0.25, -0.2) is 0 Å². The van der Waals surface area contributed by atoms with E-state index >= 15 is 0 Å². The van der Waals surface area contributed by atoms with Crippen molar-refractivity contribution in [3.8, 4) is 0 Å². The van der Waals surface area contributed by atoms with Crippen molar-refractivity contribution in [2.75, 3.05) is 0 Å². The fraction of sp³-hybridized carbons (Fsp3) is 0.500. The first-order valence-electron chi connectivity index (χ1n) is 4.61. The minimum absolute atomic E-state index is 0.677. The maximum absolute atomic E-state index is 3.67. The predicted octanol–water partition coefficient (Wildman–Crippen LogP) is 4.11. The second-order valence-corrected chi connectivity index (χ2v) is 3.17. The van der Waals surface area contributed by atoms with Crippen molar-refractivity contribution in [2.45, 2.75) is 33.6 Å². The lowest BCUT2D eigenvalue weighted by Gasteiger charge is -2.07. The molecule has 0 rings (SSSR count). The van der Waals surface area contributed by atoms with E-state index in [2.05, 4.69) is 45.6 Å². The Labute approximate surface area is 76.7 Å². The lowest BCUT2D eigenvalue weighted by molar-refractivity contribution is 0.692. The second kappa shape index (κ2) is 6.90. The van der Waals surface area contributed by atoms with Crippen molar-refractivity contribution in [1.29, 1.82) is 0 Å². The first-order valence-corrected chi connectivity index (χ1v) is 4.61. The van der Waals surface area contributed by atoms with Gasteiger partial charge in [0, 0.05) is 0 Å². The van der Waals surface area contributed by atoms with Crippen molar-refractivity contribution in [3.05, 3.63) is 36.5 Å². The molecule has 0 amide bonds. The van der Waals surface area contributed by atoms with Gasteiger partial charge < -0.3 is 0 Å². The van der Waals surface area contributed by atoms with Gasteiger partial charge in [-0.15, -0.1) is 6.58 Å². The molecule has 0 bridgehead atoms. The minimum Gasteiger partial charge on any atom is -0.103 e. The van der Waals surface area contributed by atoms with Crippen LogP contribution in [0.15, 0.2) is 36.5 Å². The molecule has 0 fully saturated rings. The van der Waals surface area contributed by atoms with Crippen LogP contribution < -0.4 is 0 Å². The molecule has 0 nitrogen and oxygen atoms in total. The third-order valence-corrected chi connectivity index (χ3v) is 2.19. The summed E-state index contributed by atoms with van der Waals surface area (Å²) in [5, 5.41) is 0. The van der Waals surface area contributed by atoms with Crippen LogP contribution >= 0.6 is 0 Å². The Morgan fingerprint density at radius 3 is 2.58 bits per heavy atom. The Morgan fingerprint density at radius 1 is 1.42 bits per heavy atom. The highest BCUT2D eigenvalue weighted by molar-refractivity contribution is 5.03. The Bertz CT molecular complexity index is 172. The Kier molecular flexibility index (Phi) is 6.45. The summed E-state index contributed by atoms with van der Waals surface area (Å²) < 4.78 is 0. The van der Waals surface area contributed by atoms with Gasteiger partial charge in [-0.2, -0.15) is 0 Å². The molecule has 0 aromatic heterocycles. The summed E-state index contributed by atoms with van der Waals surface area (Å²) >= 11 is 0. The number of rotatable bonds is 5. The molecule has 1 unspecified atom stereocenters. The van der Waals surface area contributed by atoms with Crippen LogP contribution in [-0.4, -0.2) is 0 Å². The molecule has 0 saturated heterocycles. The van der Waals surface area contributed by atoms with Crippen molar-refractivity contribution in [2.24, 2.45) is 5.92 Å². The van der Waals surface area contributed by atoms with Gasteiger partial charge in [0.2, 0.25) is 0 Å². The molecule has 0 aromatic rings. The van der Waals surface area contributed by atoms with E-state index in [1.54, 1.807) is 0 Å². The zero-order valence-corrected chi connectivity index (χ0v) is 8.51. The molecule has 68 valence electrons. The summed E-state index contributed by atoms with van der Waals surface area (Å²) in [6.45, 7) is 10.2. The Balaban J connectivity index is 3.70. The lowest BCUT2D eigenvalue weighted by Crippen LogP contribution is -1.93. The van der Waals surface area contributed by atoms with E-state index in [0.29, 0.717) is 5.92 Å². The van der Waals surface area contributed by atoms with Gasteiger partial charge in [-0.3, -0.25) is 0 Å². The van der Waals surface area contributed by atoms with E-state index in [1.165, 1.54) is 5.57 Å². The smallest absolute Gasteiger partial charge is 0.0172 e. The van der Waals surface area contributed by atoms with Crippen LogP contribution in [-0.2, 0) is 0 Å². The SMILES string of the molecule is C=CC/C=C/CC(C)/C(C)=C/C. The largest absolute Gasteiger partial charge is 0.103 e. The molecule has 0 N–H and O–H groups in total. The van der Waals surface area contributed by atoms with Crippen LogP contribution in [0.2, 0.25) is 0 Å². The van der Waals surface area contributed by atoms with Gasteiger partial charge in [0.15, 0.2) is 0 Å². The average molecular weight is 164 g/mol. The monoisotopic (exact) mass is 164 g/mol. The van der Waals surface area contributed by atoms with E-state index in [4.69, 9.17) is 0 Å². The van der Waals surface area contributed by atoms with E-state index < -0.39 is 0 Å². The fourth-order valence-electron chi connectivity index (χ4n) is 0.963. The first-order chi connectivity index (χ1) is 5.72. The summed E-state index contributed by atoms with van der Waals surface area (Å²) in [6, 6.07) is 0. The van der Waals surface area contributed by atoms with E-state index in [1.807, 2.05) is 6.08 Å². The highest BCUT2D eigenvalue weighted by atomic mass is 14.0.